The van der Waals surface area contributed by atoms with Crippen molar-refractivity contribution in [2.75, 3.05) is 19.5 Å². The van der Waals surface area contributed by atoms with Gasteiger partial charge >= 0.3 is 0 Å². The first-order chi connectivity index (χ1) is 12.4. The maximum atomic E-state index is 12.5. The Kier molecular flexibility index (Phi) is 5.91. The maximum Gasteiger partial charge on any atom is 0.271 e. The molecule has 0 fully saturated rings. The van der Waals surface area contributed by atoms with Crippen molar-refractivity contribution >= 4 is 34.6 Å². The van der Waals surface area contributed by atoms with Crippen LogP contribution in [0.3, 0.4) is 0 Å². The van der Waals surface area contributed by atoms with Gasteiger partial charge in [0.25, 0.3) is 11.6 Å². The molecule has 0 spiro atoms. The molecule has 0 saturated carbocycles. The van der Waals surface area contributed by atoms with Gasteiger partial charge < -0.3 is 19.9 Å². The van der Waals surface area contributed by atoms with Gasteiger partial charge in [-0.2, -0.15) is 0 Å². The number of benzene rings is 2. The highest BCUT2D eigenvalue weighted by molar-refractivity contribution is 7.80. The van der Waals surface area contributed by atoms with Gasteiger partial charge in [-0.05, 0) is 30.4 Å². The van der Waals surface area contributed by atoms with Gasteiger partial charge in [0.05, 0.1) is 24.8 Å². The minimum Gasteiger partial charge on any atom is -0.506 e. The van der Waals surface area contributed by atoms with Gasteiger partial charge in [0.1, 0.15) is 22.8 Å². The van der Waals surface area contributed by atoms with Crippen LogP contribution in [0.4, 0.5) is 11.4 Å². The van der Waals surface area contributed by atoms with E-state index < -0.39 is 10.8 Å². The first kappa shape index (κ1) is 18.9. The van der Waals surface area contributed by atoms with Crippen molar-refractivity contribution in [2.45, 2.75) is 0 Å². The number of phenolic OH excluding ortho intramolecular Hbond substituents is 1. The highest BCUT2D eigenvalue weighted by Crippen LogP contribution is 2.29. The highest BCUT2D eigenvalue weighted by atomic mass is 32.1. The molecule has 0 unspecified atom stereocenters. The Balaban J connectivity index is 2.20. The van der Waals surface area contributed by atoms with Crippen LogP contribution in [0.5, 0.6) is 17.2 Å². The van der Waals surface area contributed by atoms with E-state index in [-0.39, 0.29) is 39.3 Å². The predicted molar refractivity (Wildman–Crippen MR) is 98.0 cm³/mol. The fourth-order valence-electron chi connectivity index (χ4n) is 2.13. The summed E-state index contributed by atoms with van der Waals surface area (Å²) in [6.07, 6.45) is 0. The van der Waals surface area contributed by atoms with Crippen molar-refractivity contribution in [3.05, 3.63) is 52.1 Å². The maximum absolute atomic E-state index is 12.5. The SMILES string of the molecule is COc1cccc(OC)c1C(=O)NC(=S)Nc1cc([N+](=O)[O-])ccc1O. The molecular formula is C16H15N3O6S. The molecule has 2 aromatic carbocycles. The Morgan fingerprint density at radius 2 is 1.81 bits per heavy atom. The molecule has 0 heterocycles. The van der Waals surface area contributed by atoms with E-state index >= 15 is 0 Å². The molecule has 0 atom stereocenters. The van der Waals surface area contributed by atoms with Gasteiger partial charge in [-0.15, -0.1) is 0 Å². The molecule has 2 aromatic rings. The number of nitro benzene ring substituents is 1. The molecule has 2 rings (SSSR count). The molecule has 0 aromatic heterocycles. The summed E-state index contributed by atoms with van der Waals surface area (Å²) in [5.74, 6) is -0.311. The minimum absolute atomic E-state index is 0.0171. The zero-order valence-electron chi connectivity index (χ0n) is 13.8. The number of amides is 1. The standard InChI is InChI=1S/C16H15N3O6S/c1-24-12-4-3-5-13(25-2)14(12)15(21)18-16(26)17-10-8-9(19(22)23)6-7-11(10)20/h3-8,20H,1-2H3,(H2,17,18,21,26). The van der Waals surface area contributed by atoms with Gasteiger partial charge in [-0.3, -0.25) is 20.2 Å². The lowest BCUT2D eigenvalue weighted by molar-refractivity contribution is -0.384. The average Bonchev–Trinajstić information content (AvgIpc) is 2.62. The van der Waals surface area contributed by atoms with Crippen molar-refractivity contribution in [1.82, 2.24) is 5.32 Å². The molecule has 0 aliphatic carbocycles. The first-order valence-electron chi connectivity index (χ1n) is 7.18. The summed E-state index contributed by atoms with van der Waals surface area (Å²) < 4.78 is 10.3. The number of phenols is 1. The summed E-state index contributed by atoms with van der Waals surface area (Å²) in [6, 6.07) is 8.21. The van der Waals surface area contributed by atoms with Gasteiger partial charge in [0, 0.05) is 12.1 Å². The largest absolute Gasteiger partial charge is 0.506 e. The lowest BCUT2D eigenvalue weighted by atomic mass is 10.1. The monoisotopic (exact) mass is 377 g/mol. The minimum atomic E-state index is -0.619. The summed E-state index contributed by atoms with van der Waals surface area (Å²) in [5.41, 5.74) is -0.132. The fraction of sp³-hybridized carbons (Fsp3) is 0.125. The Morgan fingerprint density at radius 1 is 1.19 bits per heavy atom. The van der Waals surface area contributed by atoms with Crippen molar-refractivity contribution in [2.24, 2.45) is 0 Å². The molecule has 3 N–H and O–H groups in total. The Labute approximate surface area is 153 Å². The molecule has 10 heteroatoms. The van der Waals surface area contributed by atoms with E-state index in [1.165, 1.54) is 14.2 Å². The number of rotatable bonds is 5. The molecule has 0 aliphatic rings. The number of thiocarbonyl (C=S) groups is 1. The molecule has 0 bridgehead atoms. The highest BCUT2D eigenvalue weighted by Gasteiger charge is 2.20. The number of nitro groups is 1. The number of carbonyl (C=O) groups is 1. The third-order valence-electron chi connectivity index (χ3n) is 3.32. The van der Waals surface area contributed by atoms with Crippen LogP contribution in [0.15, 0.2) is 36.4 Å². The van der Waals surface area contributed by atoms with Gasteiger partial charge in [-0.1, -0.05) is 6.07 Å². The van der Waals surface area contributed by atoms with Crippen LogP contribution in [-0.4, -0.2) is 35.3 Å². The molecule has 1 amide bonds. The third-order valence-corrected chi connectivity index (χ3v) is 3.53. The summed E-state index contributed by atoms with van der Waals surface area (Å²) in [6.45, 7) is 0. The summed E-state index contributed by atoms with van der Waals surface area (Å²) >= 11 is 5.03. The van der Waals surface area contributed by atoms with Crippen molar-refractivity contribution in [1.29, 1.82) is 0 Å². The number of nitrogens with zero attached hydrogens (tertiary/aromatic N) is 1. The number of ether oxygens (including phenoxy) is 2. The lowest BCUT2D eigenvalue weighted by Gasteiger charge is -2.14. The quantitative estimate of drug-likeness (QED) is 0.314. The summed E-state index contributed by atoms with van der Waals surface area (Å²) in [5, 5.41) is 25.4. The van der Waals surface area contributed by atoms with E-state index in [1.807, 2.05) is 0 Å². The first-order valence-corrected chi connectivity index (χ1v) is 7.59. The molecule has 9 nitrogen and oxygen atoms in total. The molecule has 26 heavy (non-hydrogen) atoms. The summed E-state index contributed by atoms with van der Waals surface area (Å²) in [4.78, 5) is 22.7. The second-order valence-corrected chi connectivity index (χ2v) is 5.31. The van der Waals surface area contributed by atoms with Crippen LogP contribution in [-0.2, 0) is 0 Å². The van der Waals surface area contributed by atoms with Gasteiger partial charge in [0.2, 0.25) is 0 Å². The van der Waals surface area contributed by atoms with E-state index in [1.54, 1.807) is 18.2 Å². The molecule has 0 radical (unpaired) electrons. The second kappa shape index (κ2) is 8.12. The van der Waals surface area contributed by atoms with Crippen molar-refractivity contribution in [3.8, 4) is 17.2 Å². The molecule has 0 saturated heterocycles. The van der Waals surface area contributed by atoms with Crippen LogP contribution in [0.25, 0.3) is 0 Å². The normalized spacial score (nSPS) is 9.92. The Hall–Kier alpha value is -3.40. The predicted octanol–water partition coefficient (Wildman–Crippen LogP) is 2.44. The number of aromatic hydroxyl groups is 1. The van der Waals surface area contributed by atoms with Crippen LogP contribution in [0.2, 0.25) is 0 Å². The van der Waals surface area contributed by atoms with E-state index in [9.17, 15) is 20.0 Å². The summed E-state index contributed by atoms with van der Waals surface area (Å²) in [7, 11) is 2.81. The van der Waals surface area contributed by atoms with E-state index in [0.717, 1.165) is 18.2 Å². The number of methoxy groups -OCH3 is 2. The van der Waals surface area contributed by atoms with Crippen LogP contribution >= 0.6 is 12.2 Å². The van der Waals surface area contributed by atoms with Gasteiger partial charge in [0.15, 0.2) is 5.11 Å². The zero-order chi connectivity index (χ0) is 19.3. The molecule has 0 aliphatic heterocycles. The van der Waals surface area contributed by atoms with E-state index in [0.29, 0.717) is 0 Å². The van der Waals surface area contributed by atoms with Crippen LogP contribution in [0, 0.1) is 10.1 Å². The topological polar surface area (TPSA) is 123 Å². The fourth-order valence-corrected chi connectivity index (χ4v) is 2.33. The number of anilines is 1. The van der Waals surface area contributed by atoms with E-state index in [2.05, 4.69) is 10.6 Å². The number of non-ortho nitro benzene ring substituents is 1. The Morgan fingerprint density at radius 3 is 2.35 bits per heavy atom. The smallest absolute Gasteiger partial charge is 0.271 e. The van der Waals surface area contributed by atoms with Crippen LogP contribution < -0.4 is 20.1 Å². The number of nitrogens with one attached hydrogen (secondary N) is 2. The number of hydrogen-bond donors (Lipinski definition) is 3. The third kappa shape index (κ3) is 4.16. The number of hydrogen-bond acceptors (Lipinski definition) is 7. The second-order valence-electron chi connectivity index (χ2n) is 4.90. The molecule has 136 valence electrons. The Bertz CT molecular complexity index is 849. The van der Waals surface area contributed by atoms with Crippen LogP contribution in [0.1, 0.15) is 10.4 Å². The lowest BCUT2D eigenvalue weighted by Crippen LogP contribution is -2.34. The van der Waals surface area contributed by atoms with Gasteiger partial charge in [-0.25, -0.2) is 0 Å². The zero-order valence-corrected chi connectivity index (χ0v) is 14.6. The number of carbonyl (C=O) groups excluding carboxylic acids is 1. The molecular weight excluding hydrogens is 362 g/mol. The van der Waals surface area contributed by atoms with E-state index in [4.69, 9.17) is 21.7 Å². The average molecular weight is 377 g/mol. The van der Waals surface area contributed by atoms with Crippen molar-refractivity contribution < 1.29 is 24.3 Å². The van der Waals surface area contributed by atoms with Crippen molar-refractivity contribution in [3.63, 3.8) is 0 Å².